The third-order valence-corrected chi connectivity index (χ3v) is 2.40. The molecule has 80 valence electrons. The van der Waals surface area contributed by atoms with Crippen LogP contribution in [0.5, 0.6) is 5.75 Å². The smallest absolute Gasteiger partial charge is 0.121 e. The van der Waals surface area contributed by atoms with Gasteiger partial charge in [-0.25, -0.2) is 0 Å². The molecule has 0 saturated carbocycles. The van der Waals surface area contributed by atoms with Gasteiger partial charge in [0.25, 0.3) is 0 Å². The van der Waals surface area contributed by atoms with E-state index in [2.05, 4.69) is 11.2 Å². The molecule has 0 bridgehead atoms. The van der Waals surface area contributed by atoms with Gasteiger partial charge in [-0.3, -0.25) is 5.01 Å². The summed E-state index contributed by atoms with van der Waals surface area (Å²) < 4.78 is 5.16. The molecule has 2 rings (SSSR count). The first-order valence-electron chi connectivity index (χ1n) is 4.99. The van der Waals surface area contributed by atoms with Gasteiger partial charge in [-0.15, -0.1) is 0 Å². The predicted molar refractivity (Wildman–Crippen MR) is 59.6 cm³/mol. The van der Waals surface area contributed by atoms with Crippen molar-refractivity contribution in [1.82, 2.24) is 5.01 Å². The molecule has 4 heteroatoms. The highest BCUT2D eigenvalue weighted by Crippen LogP contribution is 2.15. The Morgan fingerprint density at radius 2 is 2.40 bits per heavy atom. The molecule has 0 spiro atoms. The topological polar surface area (TPSA) is 50.9 Å². The van der Waals surface area contributed by atoms with Crippen LogP contribution < -0.4 is 10.5 Å². The first kappa shape index (κ1) is 9.83. The highest BCUT2D eigenvalue weighted by atomic mass is 16.5. The summed E-state index contributed by atoms with van der Waals surface area (Å²) in [7, 11) is 1.67. The third kappa shape index (κ3) is 2.40. The highest BCUT2D eigenvalue weighted by Gasteiger charge is 2.11. The minimum Gasteiger partial charge on any atom is -0.497 e. The summed E-state index contributed by atoms with van der Waals surface area (Å²) in [6, 6.07) is 8.00. The zero-order valence-electron chi connectivity index (χ0n) is 8.81. The second-order valence-corrected chi connectivity index (χ2v) is 3.58. The van der Waals surface area contributed by atoms with Crippen molar-refractivity contribution in [3.05, 3.63) is 29.8 Å². The fourth-order valence-corrected chi connectivity index (χ4v) is 1.62. The SMILES string of the molecule is COc1cccc(CN2CCC(N)=N2)c1. The minimum absolute atomic E-state index is 0.720. The molecule has 0 atom stereocenters. The Kier molecular flexibility index (Phi) is 2.76. The highest BCUT2D eigenvalue weighted by molar-refractivity contribution is 5.81. The Balaban J connectivity index is 2.04. The largest absolute Gasteiger partial charge is 0.497 e. The first-order chi connectivity index (χ1) is 7.28. The monoisotopic (exact) mass is 205 g/mol. The van der Waals surface area contributed by atoms with Gasteiger partial charge in [-0.1, -0.05) is 12.1 Å². The van der Waals surface area contributed by atoms with E-state index in [0.717, 1.165) is 31.1 Å². The molecule has 2 N–H and O–H groups in total. The van der Waals surface area contributed by atoms with Crippen molar-refractivity contribution < 1.29 is 4.74 Å². The van der Waals surface area contributed by atoms with Crippen LogP contribution >= 0.6 is 0 Å². The maximum Gasteiger partial charge on any atom is 0.121 e. The van der Waals surface area contributed by atoms with Crippen LogP contribution in [0.25, 0.3) is 0 Å². The molecule has 0 amide bonds. The fraction of sp³-hybridized carbons (Fsp3) is 0.364. The lowest BCUT2D eigenvalue weighted by molar-refractivity contribution is 0.309. The Bertz CT molecular complexity index is 376. The normalized spacial score (nSPS) is 15.3. The van der Waals surface area contributed by atoms with E-state index in [-0.39, 0.29) is 0 Å². The second kappa shape index (κ2) is 4.21. The maximum absolute atomic E-state index is 5.62. The summed E-state index contributed by atoms with van der Waals surface area (Å²) in [5.41, 5.74) is 6.81. The average Bonchev–Trinajstić information content (AvgIpc) is 2.64. The average molecular weight is 205 g/mol. The molecule has 0 saturated heterocycles. The van der Waals surface area contributed by atoms with Gasteiger partial charge < -0.3 is 10.5 Å². The molecule has 1 aromatic rings. The molecule has 1 heterocycles. The summed E-state index contributed by atoms with van der Waals surface area (Å²) in [6.45, 7) is 1.70. The van der Waals surface area contributed by atoms with E-state index in [9.17, 15) is 0 Å². The van der Waals surface area contributed by atoms with E-state index < -0.39 is 0 Å². The molecule has 1 aromatic carbocycles. The van der Waals surface area contributed by atoms with Crippen molar-refractivity contribution in [1.29, 1.82) is 0 Å². The van der Waals surface area contributed by atoms with E-state index in [0.29, 0.717) is 0 Å². The number of benzene rings is 1. The minimum atomic E-state index is 0.720. The lowest BCUT2D eigenvalue weighted by Gasteiger charge is -2.13. The molecular weight excluding hydrogens is 190 g/mol. The summed E-state index contributed by atoms with van der Waals surface area (Å²) in [4.78, 5) is 0. The van der Waals surface area contributed by atoms with Gasteiger partial charge in [0, 0.05) is 13.0 Å². The molecule has 4 nitrogen and oxygen atoms in total. The van der Waals surface area contributed by atoms with Crippen molar-refractivity contribution in [2.45, 2.75) is 13.0 Å². The van der Waals surface area contributed by atoms with Crippen LogP contribution in [0.3, 0.4) is 0 Å². The summed E-state index contributed by atoms with van der Waals surface area (Å²) in [6.07, 6.45) is 0.865. The number of nitrogens with zero attached hydrogens (tertiary/aromatic N) is 2. The molecule has 1 aliphatic heterocycles. The first-order valence-corrected chi connectivity index (χ1v) is 4.99. The molecule has 0 aromatic heterocycles. The van der Waals surface area contributed by atoms with E-state index in [1.807, 2.05) is 23.2 Å². The van der Waals surface area contributed by atoms with Crippen molar-refractivity contribution in [3.8, 4) is 5.75 Å². The molecular formula is C11H15N3O. The van der Waals surface area contributed by atoms with E-state index in [1.54, 1.807) is 7.11 Å². The number of methoxy groups -OCH3 is 1. The number of amidine groups is 1. The summed E-state index contributed by atoms with van der Waals surface area (Å²) in [5.74, 6) is 1.60. The van der Waals surface area contributed by atoms with Crippen LogP contribution in [-0.4, -0.2) is 24.5 Å². The van der Waals surface area contributed by atoms with Crippen LogP contribution in [0.2, 0.25) is 0 Å². The van der Waals surface area contributed by atoms with Gasteiger partial charge in [0.1, 0.15) is 11.6 Å². The summed E-state index contributed by atoms with van der Waals surface area (Å²) >= 11 is 0. The predicted octanol–water partition coefficient (Wildman–Crippen LogP) is 1.17. The number of rotatable bonds is 3. The van der Waals surface area contributed by atoms with E-state index in [4.69, 9.17) is 10.5 Å². The molecule has 0 fully saturated rings. The number of hydrogen-bond acceptors (Lipinski definition) is 4. The van der Waals surface area contributed by atoms with Crippen molar-refractivity contribution in [2.24, 2.45) is 10.8 Å². The van der Waals surface area contributed by atoms with Crippen LogP contribution in [0, 0.1) is 0 Å². The van der Waals surface area contributed by atoms with Gasteiger partial charge >= 0.3 is 0 Å². The Hall–Kier alpha value is -1.71. The van der Waals surface area contributed by atoms with Crippen LogP contribution in [0.4, 0.5) is 0 Å². The lowest BCUT2D eigenvalue weighted by atomic mass is 10.2. The van der Waals surface area contributed by atoms with Gasteiger partial charge in [0.15, 0.2) is 0 Å². The molecule has 15 heavy (non-hydrogen) atoms. The Morgan fingerprint density at radius 1 is 1.53 bits per heavy atom. The summed E-state index contributed by atoms with van der Waals surface area (Å²) in [5, 5.41) is 6.20. The van der Waals surface area contributed by atoms with Gasteiger partial charge in [0.2, 0.25) is 0 Å². The maximum atomic E-state index is 5.62. The quantitative estimate of drug-likeness (QED) is 0.806. The lowest BCUT2D eigenvalue weighted by Crippen LogP contribution is -2.13. The van der Waals surface area contributed by atoms with Crippen LogP contribution in [-0.2, 0) is 6.54 Å². The number of nitrogens with two attached hydrogens (primary N) is 1. The molecule has 0 aliphatic carbocycles. The molecule has 1 aliphatic rings. The van der Waals surface area contributed by atoms with Crippen molar-refractivity contribution in [3.63, 3.8) is 0 Å². The van der Waals surface area contributed by atoms with Gasteiger partial charge in [0.05, 0.1) is 13.7 Å². The second-order valence-electron chi connectivity index (χ2n) is 3.58. The van der Waals surface area contributed by atoms with E-state index in [1.165, 1.54) is 5.56 Å². The third-order valence-electron chi connectivity index (χ3n) is 2.40. The van der Waals surface area contributed by atoms with Gasteiger partial charge in [-0.2, -0.15) is 5.10 Å². The standard InChI is InChI=1S/C11H15N3O/c1-15-10-4-2-3-9(7-10)8-14-6-5-11(12)13-14/h2-4,7H,5-6,8H2,1H3,(H2,12,13). The fourth-order valence-electron chi connectivity index (χ4n) is 1.62. The molecule has 0 radical (unpaired) electrons. The van der Waals surface area contributed by atoms with Crippen LogP contribution in [0.15, 0.2) is 29.4 Å². The number of ether oxygens (including phenoxy) is 1. The van der Waals surface area contributed by atoms with Gasteiger partial charge in [-0.05, 0) is 17.7 Å². The van der Waals surface area contributed by atoms with Crippen molar-refractivity contribution in [2.75, 3.05) is 13.7 Å². The number of hydrogen-bond donors (Lipinski definition) is 1. The Morgan fingerprint density at radius 3 is 3.07 bits per heavy atom. The van der Waals surface area contributed by atoms with Crippen LogP contribution in [0.1, 0.15) is 12.0 Å². The number of hydrazone groups is 1. The zero-order valence-corrected chi connectivity index (χ0v) is 8.81. The Labute approximate surface area is 89.3 Å². The van der Waals surface area contributed by atoms with E-state index >= 15 is 0 Å². The van der Waals surface area contributed by atoms with Crippen molar-refractivity contribution >= 4 is 5.84 Å². The molecule has 0 unspecified atom stereocenters. The zero-order chi connectivity index (χ0) is 10.7.